The maximum Gasteiger partial charge on any atom is 0.338 e. The highest BCUT2D eigenvalue weighted by atomic mass is 16.5. The molecule has 104 valence electrons. The standard InChI is InChI=1S/C15H16N2O3/c1-9(18)14-6-3-10(8-17-14)12-5-4-11(16)7-13(12)15(19)20-2/h3-9,18H,16H2,1-2H3. The minimum atomic E-state index is -0.629. The quantitative estimate of drug-likeness (QED) is 0.660. The van der Waals surface area contributed by atoms with E-state index in [0.29, 0.717) is 22.5 Å². The van der Waals surface area contributed by atoms with Crippen molar-refractivity contribution in [3.63, 3.8) is 0 Å². The Morgan fingerprint density at radius 3 is 2.65 bits per heavy atom. The first-order chi connectivity index (χ1) is 9.52. The van der Waals surface area contributed by atoms with Gasteiger partial charge in [-0.2, -0.15) is 0 Å². The number of anilines is 1. The van der Waals surface area contributed by atoms with Gasteiger partial charge in [-0.05, 0) is 30.7 Å². The Morgan fingerprint density at radius 1 is 1.35 bits per heavy atom. The number of hydrogen-bond donors (Lipinski definition) is 2. The zero-order valence-electron chi connectivity index (χ0n) is 11.3. The van der Waals surface area contributed by atoms with Gasteiger partial charge in [-0.15, -0.1) is 0 Å². The third kappa shape index (κ3) is 2.78. The predicted molar refractivity (Wildman–Crippen MR) is 76.1 cm³/mol. The van der Waals surface area contributed by atoms with Crippen LogP contribution in [0.4, 0.5) is 5.69 Å². The van der Waals surface area contributed by atoms with Crippen molar-refractivity contribution in [3.8, 4) is 11.1 Å². The maximum atomic E-state index is 11.8. The lowest BCUT2D eigenvalue weighted by Crippen LogP contribution is -2.05. The number of nitrogens with zero attached hydrogens (tertiary/aromatic N) is 1. The number of nitrogens with two attached hydrogens (primary N) is 1. The number of carbonyl (C=O) groups excluding carboxylic acids is 1. The maximum absolute atomic E-state index is 11.8. The van der Waals surface area contributed by atoms with Gasteiger partial charge in [0.05, 0.1) is 24.5 Å². The smallest absolute Gasteiger partial charge is 0.338 e. The van der Waals surface area contributed by atoms with Crippen LogP contribution < -0.4 is 5.73 Å². The van der Waals surface area contributed by atoms with Crippen LogP contribution in [0, 0.1) is 0 Å². The number of ether oxygens (including phenoxy) is 1. The van der Waals surface area contributed by atoms with Crippen LogP contribution in [0.3, 0.4) is 0 Å². The molecule has 1 aromatic carbocycles. The number of carbonyl (C=O) groups is 1. The number of pyridine rings is 1. The van der Waals surface area contributed by atoms with E-state index in [-0.39, 0.29) is 0 Å². The lowest BCUT2D eigenvalue weighted by atomic mass is 10.00. The van der Waals surface area contributed by atoms with E-state index < -0.39 is 12.1 Å². The van der Waals surface area contributed by atoms with Crippen LogP contribution in [-0.2, 0) is 4.74 Å². The average Bonchev–Trinajstić information content (AvgIpc) is 2.46. The van der Waals surface area contributed by atoms with E-state index in [0.717, 1.165) is 5.56 Å². The molecule has 5 nitrogen and oxygen atoms in total. The zero-order valence-corrected chi connectivity index (χ0v) is 11.3. The molecule has 3 N–H and O–H groups in total. The summed E-state index contributed by atoms with van der Waals surface area (Å²) in [7, 11) is 1.32. The fourth-order valence-corrected chi connectivity index (χ4v) is 1.90. The Balaban J connectivity index is 2.49. The molecule has 0 saturated carbocycles. The Kier molecular flexibility index (Phi) is 4.00. The first-order valence-corrected chi connectivity index (χ1v) is 6.15. The van der Waals surface area contributed by atoms with Crippen LogP contribution in [0.2, 0.25) is 0 Å². The Bertz CT molecular complexity index is 622. The molecule has 0 spiro atoms. The molecule has 20 heavy (non-hydrogen) atoms. The molecule has 0 aliphatic carbocycles. The lowest BCUT2D eigenvalue weighted by Gasteiger charge is -2.10. The molecular weight excluding hydrogens is 256 g/mol. The Morgan fingerprint density at radius 2 is 2.10 bits per heavy atom. The molecule has 0 radical (unpaired) electrons. The van der Waals surface area contributed by atoms with Gasteiger partial charge in [-0.3, -0.25) is 4.98 Å². The Hall–Kier alpha value is -2.40. The predicted octanol–water partition coefficient (Wildman–Crippen LogP) is 2.17. The highest BCUT2D eigenvalue weighted by Gasteiger charge is 2.14. The molecule has 1 atom stereocenters. The van der Waals surface area contributed by atoms with Gasteiger partial charge >= 0.3 is 5.97 Å². The van der Waals surface area contributed by atoms with E-state index in [1.165, 1.54) is 7.11 Å². The number of hydrogen-bond acceptors (Lipinski definition) is 5. The monoisotopic (exact) mass is 272 g/mol. The van der Waals surface area contributed by atoms with Crippen molar-refractivity contribution >= 4 is 11.7 Å². The van der Waals surface area contributed by atoms with Crippen LogP contribution in [0.1, 0.15) is 29.1 Å². The van der Waals surface area contributed by atoms with Gasteiger partial charge in [-0.25, -0.2) is 4.79 Å². The van der Waals surface area contributed by atoms with E-state index in [9.17, 15) is 9.90 Å². The van der Waals surface area contributed by atoms with Crippen LogP contribution in [0.25, 0.3) is 11.1 Å². The summed E-state index contributed by atoms with van der Waals surface area (Å²) in [5.41, 5.74) is 8.60. The van der Waals surface area contributed by atoms with E-state index in [2.05, 4.69) is 4.98 Å². The molecule has 0 aliphatic heterocycles. The molecule has 1 aromatic heterocycles. The van der Waals surface area contributed by atoms with Crippen molar-refractivity contribution in [2.24, 2.45) is 0 Å². The molecule has 0 aliphatic rings. The zero-order chi connectivity index (χ0) is 14.7. The summed E-state index contributed by atoms with van der Waals surface area (Å²) in [6.45, 7) is 1.64. The van der Waals surface area contributed by atoms with Gasteiger partial charge < -0.3 is 15.6 Å². The van der Waals surface area contributed by atoms with Crippen molar-refractivity contribution in [2.45, 2.75) is 13.0 Å². The lowest BCUT2D eigenvalue weighted by molar-refractivity contribution is 0.0601. The molecule has 0 fully saturated rings. The SMILES string of the molecule is COC(=O)c1cc(N)ccc1-c1ccc(C(C)O)nc1. The number of aliphatic hydroxyl groups is 1. The number of esters is 1. The normalized spacial score (nSPS) is 11.9. The number of nitrogen functional groups attached to an aromatic ring is 1. The summed E-state index contributed by atoms with van der Waals surface area (Å²) in [6, 6.07) is 8.55. The first-order valence-electron chi connectivity index (χ1n) is 6.15. The number of aliphatic hydroxyl groups excluding tert-OH is 1. The summed E-state index contributed by atoms with van der Waals surface area (Å²) in [6.07, 6.45) is 0.982. The topological polar surface area (TPSA) is 85.4 Å². The van der Waals surface area contributed by atoms with E-state index >= 15 is 0 Å². The van der Waals surface area contributed by atoms with Gasteiger partial charge in [0, 0.05) is 17.4 Å². The van der Waals surface area contributed by atoms with Crippen LogP contribution >= 0.6 is 0 Å². The Labute approximate surface area is 117 Å². The summed E-state index contributed by atoms with van der Waals surface area (Å²) in [4.78, 5) is 16.0. The largest absolute Gasteiger partial charge is 0.465 e. The molecular formula is C15H16N2O3. The molecule has 2 aromatic rings. The van der Waals surface area contributed by atoms with Gasteiger partial charge in [0.15, 0.2) is 0 Å². The fraction of sp³-hybridized carbons (Fsp3) is 0.200. The second-order valence-corrected chi connectivity index (χ2v) is 4.44. The summed E-state index contributed by atoms with van der Waals surface area (Å²) in [5, 5.41) is 9.45. The molecule has 0 saturated heterocycles. The molecule has 2 rings (SSSR count). The third-order valence-electron chi connectivity index (χ3n) is 2.97. The minimum Gasteiger partial charge on any atom is -0.465 e. The van der Waals surface area contributed by atoms with E-state index in [4.69, 9.17) is 10.5 Å². The fourth-order valence-electron chi connectivity index (χ4n) is 1.90. The first kappa shape index (κ1) is 14.0. The van der Waals surface area contributed by atoms with Gasteiger partial charge in [0.2, 0.25) is 0 Å². The number of benzene rings is 1. The highest BCUT2D eigenvalue weighted by Crippen LogP contribution is 2.26. The molecule has 1 unspecified atom stereocenters. The van der Waals surface area contributed by atoms with E-state index in [1.807, 2.05) is 0 Å². The summed E-state index contributed by atoms with van der Waals surface area (Å²) in [5.74, 6) is -0.452. The van der Waals surface area contributed by atoms with Gasteiger partial charge in [0.1, 0.15) is 0 Å². The molecule has 0 bridgehead atoms. The van der Waals surface area contributed by atoms with Gasteiger partial charge in [0.25, 0.3) is 0 Å². The number of rotatable bonds is 3. The van der Waals surface area contributed by atoms with Crippen molar-refractivity contribution in [1.82, 2.24) is 4.98 Å². The van der Waals surface area contributed by atoms with Crippen LogP contribution in [0.5, 0.6) is 0 Å². The second-order valence-electron chi connectivity index (χ2n) is 4.44. The number of aromatic nitrogens is 1. The molecule has 1 heterocycles. The second kappa shape index (κ2) is 5.71. The van der Waals surface area contributed by atoms with Crippen molar-refractivity contribution in [2.75, 3.05) is 12.8 Å². The minimum absolute atomic E-state index is 0.388. The highest BCUT2D eigenvalue weighted by molar-refractivity contribution is 5.98. The number of methoxy groups -OCH3 is 1. The average molecular weight is 272 g/mol. The third-order valence-corrected chi connectivity index (χ3v) is 2.97. The van der Waals surface area contributed by atoms with Crippen molar-refractivity contribution < 1.29 is 14.6 Å². The van der Waals surface area contributed by atoms with E-state index in [1.54, 1.807) is 43.5 Å². The molecule has 5 heteroatoms. The summed E-state index contributed by atoms with van der Waals surface area (Å²) < 4.78 is 4.76. The van der Waals surface area contributed by atoms with Crippen molar-refractivity contribution in [1.29, 1.82) is 0 Å². The van der Waals surface area contributed by atoms with Crippen molar-refractivity contribution in [3.05, 3.63) is 47.8 Å². The summed E-state index contributed by atoms with van der Waals surface area (Å²) >= 11 is 0. The van der Waals surface area contributed by atoms with Crippen LogP contribution in [0.15, 0.2) is 36.5 Å². The van der Waals surface area contributed by atoms with Gasteiger partial charge in [-0.1, -0.05) is 12.1 Å². The molecule has 0 amide bonds. The van der Waals surface area contributed by atoms with Crippen LogP contribution in [-0.4, -0.2) is 23.2 Å².